The van der Waals surface area contributed by atoms with Gasteiger partial charge in [-0.25, -0.2) is 4.98 Å². The molecule has 47 heteroatoms. The molecule has 2 aliphatic heterocycles. The van der Waals surface area contributed by atoms with Crippen molar-refractivity contribution in [2.75, 3.05) is 185 Å². The maximum atomic E-state index is 14.5. The van der Waals surface area contributed by atoms with E-state index in [9.17, 15) is 102 Å². The van der Waals surface area contributed by atoms with Crippen molar-refractivity contribution in [2.24, 2.45) is 17.8 Å². The number of aromatic nitrogens is 1. The minimum atomic E-state index is -2.00. The Morgan fingerprint density at radius 3 is 1.45 bits per heavy atom. The number of esters is 1. The fourth-order valence-electron chi connectivity index (χ4n) is 13.9. The number of hydrogen-bond acceptors (Lipinski definition) is 32. The summed E-state index contributed by atoms with van der Waals surface area (Å²) >= 11 is 1.03. The number of carboxylic acid groups (broad SMARTS) is 2. The van der Waals surface area contributed by atoms with Crippen molar-refractivity contribution in [3.8, 4) is 5.75 Å². The standard InChI is InChI=1S/C94H147N15O31S/c1-13-62(4)83(105-93(130)94(7,8)106(9)10)91(127)107(11)70(61(2)3)59-72(140-64(6)110)90-102-69(60-141-90)87(124)99-66(56-63(5)92(128)129)57-65-24-25-71(111)68(58-65)101-75(114)22-16-34-96-86(123)67(20-14-15-33-95-73(112)32-41-134-45-47-136-49-51-138-53-55-139-54-52-137-50-48-135-46-44-133-40-19-39-132-43-42-131-12)100-74(113)21-17-35-97-88(125)84(103-76(115)30-37-108-78(117)26-27-79(108)118)85(89(126)98-36-18-23-82(121)122)104-77(116)31-38-109-80(119)28-29-81(109)120/h24-29,58,60-63,66-67,70,72,83-85,111H,13-23,30-57,59H2,1-12H3,(H,95,112)(H,96,123)(H,97,125)(H,98,126)(H,99,124)(H,100,113)(H,101,114)(H,103,115)(H,104,116)(H,105,130)(H,121,122)(H,128,129)/t62-,63-,66+,67-,70+,72+,83-,84-,85+/m0/s1. The minimum Gasteiger partial charge on any atom is -0.506 e. The number of nitrogens with one attached hydrogen (secondary N) is 10. The fourth-order valence-corrected chi connectivity index (χ4v) is 14.7. The molecule has 46 nitrogen and oxygen atoms in total. The lowest BCUT2D eigenvalue weighted by atomic mass is 9.92. The van der Waals surface area contributed by atoms with E-state index in [0.29, 0.717) is 111 Å². The Kier molecular flexibility index (Phi) is 58.7. The first-order valence-corrected chi connectivity index (χ1v) is 48.5. The Morgan fingerprint density at radius 2 is 0.979 bits per heavy atom. The molecular formula is C94H147N15O31S. The Balaban J connectivity index is 1.41. The van der Waals surface area contributed by atoms with Crippen molar-refractivity contribution in [3.05, 3.63) is 64.1 Å². The van der Waals surface area contributed by atoms with Gasteiger partial charge in [0.25, 0.3) is 29.5 Å². The predicted octanol–water partition coefficient (Wildman–Crippen LogP) is 1.29. The molecule has 0 bridgehead atoms. The third-order valence-electron chi connectivity index (χ3n) is 22.8. The number of imide groups is 2. The largest absolute Gasteiger partial charge is 0.506 e. The Hall–Kier alpha value is -11.4. The van der Waals surface area contributed by atoms with Crippen molar-refractivity contribution in [1.82, 2.24) is 72.4 Å². The van der Waals surface area contributed by atoms with E-state index in [0.717, 1.165) is 51.9 Å². The maximum Gasteiger partial charge on any atom is 0.306 e. The van der Waals surface area contributed by atoms with E-state index >= 15 is 0 Å². The summed E-state index contributed by atoms with van der Waals surface area (Å²) in [6, 6.07) is -3.33. The third-order valence-corrected chi connectivity index (χ3v) is 23.7. The topological polar surface area (TPSA) is 606 Å². The minimum absolute atomic E-state index is 0.00778. The molecule has 13 N–H and O–H groups in total. The summed E-state index contributed by atoms with van der Waals surface area (Å²) in [6.07, 6.45) is 2.24. The lowest BCUT2D eigenvalue weighted by Crippen LogP contribution is -2.64. The van der Waals surface area contributed by atoms with Gasteiger partial charge in [0.1, 0.15) is 40.6 Å². The number of anilines is 1. The molecule has 0 radical (unpaired) electrons. The number of carbonyl (C=O) groups excluding carboxylic acids is 16. The zero-order valence-electron chi connectivity index (χ0n) is 83.1. The van der Waals surface area contributed by atoms with Crippen LogP contribution in [0, 0.1) is 17.8 Å². The van der Waals surface area contributed by atoms with Gasteiger partial charge in [0, 0.05) is 160 Å². The summed E-state index contributed by atoms with van der Waals surface area (Å²) in [4.78, 5) is 247. The summed E-state index contributed by atoms with van der Waals surface area (Å²) in [5.74, 6) is -15.8. The number of carbonyl (C=O) groups is 18. The van der Waals surface area contributed by atoms with Gasteiger partial charge >= 0.3 is 17.9 Å². The quantitative estimate of drug-likeness (QED) is 0.0192. The number of thiazole rings is 1. The van der Waals surface area contributed by atoms with E-state index in [1.165, 1.54) is 37.4 Å². The number of aromatic hydroxyl groups is 1. The number of hydrogen-bond donors (Lipinski definition) is 13. The van der Waals surface area contributed by atoms with Gasteiger partial charge in [-0.05, 0) is 115 Å². The fraction of sp³-hybridized carbons (Fsp3) is 0.670. The van der Waals surface area contributed by atoms with Gasteiger partial charge in [-0.15, -0.1) is 11.3 Å². The SMILES string of the molecule is CC[C@H](C)[C@H](NC(=O)C(C)(C)N(C)C)C(=O)N(C)[C@H](C[C@@H](OC(C)=O)c1nc(C(=O)N[C@@H](Cc2ccc(O)c(NC(=O)CCCNC(=O)[C@H](CCCCNC(=O)CCOCCOCCOCCOCCOCCOCCOCCCOCCOC)NC(=O)CCCNC(=O)[C@@H](NC(=O)CCN3C(=O)C=CC3=O)[C@@H](NC(=O)CCN3C(=O)C=CC3=O)C(=O)NCCCC(=O)O)c2)C[C@H](C)C(=O)O)cs1)C(C)C. The summed E-state index contributed by atoms with van der Waals surface area (Å²) in [5.41, 5.74) is -0.653. The van der Waals surface area contributed by atoms with Crippen molar-refractivity contribution in [3.63, 3.8) is 0 Å². The monoisotopic (exact) mass is 2010 g/mol. The van der Waals surface area contributed by atoms with Gasteiger partial charge < -0.3 is 121 Å². The Morgan fingerprint density at radius 1 is 0.511 bits per heavy atom. The van der Waals surface area contributed by atoms with Crippen molar-refractivity contribution in [1.29, 1.82) is 0 Å². The van der Waals surface area contributed by atoms with E-state index in [1.807, 2.05) is 27.7 Å². The molecule has 0 spiro atoms. The van der Waals surface area contributed by atoms with Crippen LogP contribution in [0.4, 0.5) is 5.69 Å². The number of likely N-dealkylation sites (N-methyl/N-ethyl adjacent to an activating group) is 2. The summed E-state index contributed by atoms with van der Waals surface area (Å²) in [7, 11) is 6.77. The van der Waals surface area contributed by atoms with Crippen LogP contribution in [0.25, 0.3) is 0 Å². The number of amides is 15. The maximum absolute atomic E-state index is 14.5. The van der Waals surface area contributed by atoms with E-state index in [1.54, 1.807) is 51.9 Å². The van der Waals surface area contributed by atoms with Crippen LogP contribution >= 0.6 is 11.3 Å². The van der Waals surface area contributed by atoms with Gasteiger partial charge in [0.05, 0.1) is 116 Å². The number of nitrogens with zero attached hydrogens (tertiary/aromatic N) is 5. The molecule has 1 aromatic heterocycles. The number of phenolic OH excluding ortho intramolecular Hbond substituents is 1. The molecule has 0 saturated heterocycles. The van der Waals surface area contributed by atoms with Crippen LogP contribution in [0.1, 0.15) is 185 Å². The highest BCUT2D eigenvalue weighted by atomic mass is 32.1. The first-order valence-electron chi connectivity index (χ1n) is 47.6. The molecule has 0 saturated carbocycles. The molecule has 9 atom stereocenters. The zero-order valence-corrected chi connectivity index (χ0v) is 83.9. The molecule has 2 aromatic rings. The van der Waals surface area contributed by atoms with E-state index < -0.39 is 175 Å². The molecule has 0 fully saturated rings. The van der Waals surface area contributed by atoms with E-state index in [-0.39, 0.29) is 168 Å². The Bertz CT molecular complexity index is 4380. The van der Waals surface area contributed by atoms with Crippen LogP contribution in [0.15, 0.2) is 47.9 Å². The van der Waals surface area contributed by atoms with Gasteiger partial charge in [-0.2, -0.15) is 0 Å². The number of methoxy groups -OCH3 is 1. The van der Waals surface area contributed by atoms with Crippen LogP contribution in [-0.2, 0) is 135 Å². The molecule has 1 aromatic carbocycles. The molecule has 0 aliphatic carbocycles. The smallest absolute Gasteiger partial charge is 0.306 e. The summed E-state index contributed by atoms with van der Waals surface area (Å²) in [5, 5.41) is 58.4. The first kappa shape index (κ1) is 122. The number of aliphatic carboxylic acids is 2. The highest BCUT2D eigenvalue weighted by Gasteiger charge is 2.41. The molecule has 790 valence electrons. The second kappa shape index (κ2) is 67.9. The molecule has 15 amide bonds. The number of benzene rings is 1. The van der Waals surface area contributed by atoms with Gasteiger partial charge in [-0.3, -0.25) is 101 Å². The predicted molar refractivity (Wildman–Crippen MR) is 511 cm³/mol. The number of phenols is 1. The zero-order chi connectivity index (χ0) is 104. The van der Waals surface area contributed by atoms with Crippen LogP contribution in [0.2, 0.25) is 0 Å². The van der Waals surface area contributed by atoms with Crippen molar-refractivity contribution >= 4 is 124 Å². The number of rotatable bonds is 78. The summed E-state index contributed by atoms with van der Waals surface area (Å²) in [6.45, 7) is 18.9. The molecule has 4 rings (SSSR count). The van der Waals surface area contributed by atoms with Crippen molar-refractivity contribution < 1.29 is 149 Å². The molecule has 0 unspecified atom stereocenters. The molecule has 2 aliphatic rings. The van der Waals surface area contributed by atoms with Gasteiger partial charge in [-0.1, -0.05) is 47.1 Å². The van der Waals surface area contributed by atoms with E-state index in [4.69, 9.17) is 47.4 Å². The normalized spacial score (nSPS) is 14.4. The van der Waals surface area contributed by atoms with Crippen LogP contribution in [0.3, 0.4) is 0 Å². The average molecular weight is 2020 g/mol. The number of carboxylic acids is 2. The third kappa shape index (κ3) is 48.3. The second-order valence-corrected chi connectivity index (χ2v) is 35.5. The average Bonchev–Trinajstić information content (AvgIpc) is 1.80. The second-order valence-electron chi connectivity index (χ2n) is 34.7. The van der Waals surface area contributed by atoms with Crippen LogP contribution < -0.4 is 53.2 Å². The highest BCUT2D eigenvalue weighted by Crippen LogP contribution is 2.32. The van der Waals surface area contributed by atoms with Crippen molar-refractivity contribution in [2.45, 2.75) is 212 Å². The van der Waals surface area contributed by atoms with Crippen LogP contribution in [-0.4, -0.2) is 368 Å². The van der Waals surface area contributed by atoms with E-state index in [2.05, 4.69) is 58.2 Å². The van der Waals surface area contributed by atoms with Gasteiger partial charge in [0.15, 0.2) is 6.10 Å². The first-order chi connectivity index (χ1) is 67.2. The number of ether oxygens (including phenoxy) is 10. The lowest BCUT2D eigenvalue weighted by Gasteiger charge is -2.38. The highest BCUT2D eigenvalue weighted by molar-refractivity contribution is 7.09. The van der Waals surface area contributed by atoms with Crippen LogP contribution in [0.5, 0.6) is 5.75 Å². The molecule has 141 heavy (non-hydrogen) atoms. The van der Waals surface area contributed by atoms with Gasteiger partial charge in [0.2, 0.25) is 59.1 Å². The molecule has 3 heterocycles. The Labute approximate surface area is 826 Å². The summed E-state index contributed by atoms with van der Waals surface area (Å²) < 4.78 is 54.9. The number of unbranched alkanes of at least 4 members (excludes halogenated alkanes) is 1. The lowest BCUT2D eigenvalue weighted by molar-refractivity contribution is -0.149. The molecular weight excluding hydrogens is 1870 g/mol.